The zero-order valence-corrected chi connectivity index (χ0v) is 10.1. The Balaban J connectivity index is 2.19. The molecule has 3 nitrogen and oxygen atoms in total. The number of nitrogens with one attached hydrogen (secondary N) is 1. The molecule has 1 aromatic carbocycles. The number of amides is 1. The Bertz CT molecular complexity index is 426. The minimum absolute atomic E-state index is 0.0598. The van der Waals surface area contributed by atoms with Crippen LogP contribution in [-0.2, 0) is 4.79 Å². The van der Waals surface area contributed by atoms with E-state index in [1.54, 1.807) is 6.08 Å². The van der Waals surface area contributed by atoms with Crippen LogP contribution in [0.1, 0.15) is 26.2 Å². The molecular weight excluding hydrogens is 212 g/mol. The molecule has 0 fully saturated rings. The average molecular weight is 230 g/mol. The van der Waals surface area contributed by atoms with Gasteiger partial charge in [-0.1, -0.05) is 31.9 Å². The van der Waals surface area contributed by atoms with Crippen LogP contribution in [-0.4, -0.2) is 12.5 Å². The maximum Gasteiger partial charge on any atom is 0.249 e. The highest BCUT2D eigenvalue weighted by molar-refractivity contribution is 6.03. The molecule has 17 heavy (non-hydrogen) atoms. The lowest BCUT2D eigenvalue weighted by Gasteiger charge is -2.21. The van der Waals surface area contributed by atoms with Gasteiger partial charge in [0.05, 0.1) is 11.4 Å². The zero-order valence-electron chi connectivity index (χ0n) is 10.1. The molecule has 3 heteroatoms. The molecule has 1 aliphatic heterocycles. The highest BCUT2D eigenvalue weighted by atomic mass is 16.1. The van der Waals surface area contributed by atoms with Crippen molar-refractivity contribution in [1.29, 1.82) is 0 Å². The van der Waals surface area contributed by atoms with Crippen molar-refractivity contribution in [3.63, 3.8) is 0 Å². The second kappa shape index (κ2) is 5.53. The molecule has 0 unspecified atom stereocenters. The Morgan fingerprint density at radius 1 is 1.24 bits per heavy atom. The van der Waals surface area contributed by atoms with Crippen molar-refractivity contribution in [3.05, 3.63) is 36.5 Å². The van der Waals surface area contributed by atoms with Crippen LogP contribution in [0.2, 0.25) is 0 Å². The molecule has 0 saturated carbocycles. The molecule has 2 rings (SSSR count). The fraction of sp³-hybridized carbons (Fsp3) is 0.357. The van der Waals surface area contributed by atoms with Gasteiger partial charge in [-0.2, -0.15) is 0 Å². The monoisotopic (exact) mass is 230 g/mol. The Kier molecular flexibility index (Phi) is 3.81. The van der Waals surface area contributed by atoms with Crippen LogP contribution in [0.25, 0.3) is 0 Å². The van der Waals surface area contributed by atoms with Gasteiger partial charge in [-0.05, 0) is 18.6 Å². The fourth-order valence-electron chi connectivity index (χ4n) is 1.97. The first kappa shape index (κ1) is 11.7. The van der Waals surface area contributed by atoms with Gasteiger partial charge in [-0.3, -0.25) is 4.79 Å². The van der Waals surface area contributed by atoms with E-state index in [1.807, 2.05) is 30.5 Å². The summed E-state index contributed by atoms with van der Waals surface area (Å²) >= 11 is 0. The van der Waals surface area contributed by atoms with Crippen molar-refractivity contribution in [2.45, 2.75) is 26.2 Å². The Morgan fingerprint density at radius 2 is 2.06 bits per heavy atom. The van der Waals surface area contributed by atoms with Gasteiger partial charge in [0.25, 0.3) is 0 Å². The van der Waals surface area contributed by atoms with E-state index in [-0.39, 0.29) is 5.91 Å². The van der Waals surface area contributed by atoms with Gasteiger partial charge in [0.2, 0.25) is 5.91 Å². The van der Waals surface area contributed by atoms with Crippen molar-refractivity contribution in [2.75, 3.05) is 16.8 Å². The smallest absolute Gasteiger partial charge is 0.249 e. The fourth-order valence-corrected chi connectivity index (χ4v) is 1.97. The predicted molar refractivity (Wildman–Crippen MR) is 71.1 cm³/mol. The number of carbonyl (C=O) groups is 1. The highest BCUT2D eigenvalue weighted by Crippen LogP contribution is 2.28. The van der Waals surface area contributed by atoms with Gasteiger partial charge in [0.1, 0.15) is 0 Å². The number of fused-ring (bicyclic) bond motifs is 1. The van der Waals surface area contributed by atoms with Gasteiger partial charge in [-0.15, -0.1) is 0 Å². The second-order valence-corrected chi connectivity index (χ2v) is 4.22. The van der Waals surface area contributed by atoms with Crippen LogP contribution in [0, 0.1) is 0 Å². The van der Waals surface area contributed by atoms with Crippen LogP contribution >= 0.6 is 0 Å². The third-order valence-corrected chi connectivity index (χ3v) is 2.88. The molecule has 0 radical (unpaired) electrons. The maximum absolute atomic E-state index is 11.5. The molecule has 1 aliphatic rings. The van der Waals surface area contributed by atoms with E-state index in [9.17, 15) is 4.79 Å². The molecule has 0 aliphatic carbocycles. The minimum Gasteiger partial charge on any atom is -0.346 e. The van der Waals surface area contributed by atoms with Crippen molar-refractivity contribution >= 4 is 17.3 Å². The topological polar surface area (TPSA) is 32.3 Å². The first-order chi connectivity index (χ1) is 8.31. The Hall–Kier alpha value is -1.77. The number of hydrogen-bond acceptors (Lipinski definition) is 2. The first-order valence-electron chi connectivity index (χ1n) is 6.16. The molecule has 1 amide bonds. The standard InChI is InChI=1S/C14H18N2O/c1-2-3-6-10-16-11-9-14(17)15-12-7-4-5-8-13(12)16/h4-5,7-9,11H,2-3,6,10H2,1H3,(H,15,17). The molecule has 0 spiro atoms. The van der Waals surface area contributed by atoms with Crippen molar-refractivity contribution in [1.82, 2.24) is 0 Å². The van der Waals surface area contributed by atoms with Gasteiger partial charge >= 0.3 is 0 Å². The molecule has 0 saturated heterocycles. The SMILES string of the molecule is CCCCCN1C=CC(=O)Nc2ccccc21. The summed E-state index contributed by atoms with van der Waals surface area (Å²) in [4.78, 5) is 13.6. The highest BCUT2D eigenvalue weighted by Gasteiger charge is 2.13. The van der Waals surface area contributed by atoms with Gasteiger partial charge < -0.3 is 10.2 Å². The quantitative estimate of drug-likeness (QED) is 0.806. The van der Waals surface area contributed by atoms with E-state index in [0.717, 1.165) is 24.3 Å². The maximum atomic E-state index is 11.5. The van der Waals surface area contributed by atoms with Crippen molar-refractivity contribution < 1.29 is 4.79 Å². The van der Waals surface area contributed by atoms with E-state index in [4.69, 9.17) is 0 Å². The van der Waals surface area contributed by atoms with E-state index in [1.165, 1.54) is 12.8 Å². The average Bonchev–Trinajstić information content (AvgIpc) is 2.49. The number of nitrogens with zero attached hydrogens (tertiary/aromatic N) is 1. The zero-order chi connectivity index (χ0) is 12.1. The number of anilines is 2. The van der Waals surface area contributed by atoms with Crippen LogP contribution in [0.15, 0.2) is 36.5 Å². The molecule has 0 atom stereocenters. The van der Waals surface area contributed by atoms with E-state index >= 15 is 0 Å². The Morgan fingerprint density at radius 3 is 2.88 bits per heavy atom. The summed E-state index contributed by atoms with van der Waals surface area (Å²) in [6.45, 7) is 3.15. The number of para-hydroxylation sites is 2. The number of hydrogen-bond donors (Lipinski definition) is 1. The van der Waals surface area contributed by atoms with Gasteiger partial charge in [0.15, 0.2) is 0 Å². The lowest BCUT2D eigenvalue weighted by molar-refractivity contribution is -0.111. The van der Waals surface area contributed by atoms with Crippen molar-refractivity contribution in [2.24, 2.45) is 0 Å². The third kappa shape index (κ3) is 2.87. The predicted octanol–water partition coefficient (Wildman–Crippen LogP) is 3.15. The number of carbonyl (C=O) groups excluding carboxylic acids is 1. The molecule has 0 aromatic heterocycles. The van der Waals surface area contributed by atoms with Crippen LogP contribution in [0.4, 0.5) is 11.4 Å². The van der Waals surface area contributed by atoms with E-state index < -0.39 is 0 Å². The summed E-state index contributed by atoms with van der Waals surface area (Å²) in [7, 11) is 0. The second-order valence-electron chi connectivity index (χ2n) is 4.22. The van der Waals surface area contributed by atoms with Crippen LogP contribution in [0.3, 0.4) is 0 Å². The molecule has 90 valence electrons. The van der Waals surface area contributed by atoms with Gasteiger partial charge in [-0.25, -0.2) is 0 Å². The Labute approximate surface area is 102 Å². The van der Waals surface area contributed by atoms with Gasteiger partial charge in [0, 0.05) is 18.8 Å². The molecule has 1 aromatic rings. The lowest BCUT2D eigenvalue weighted by atomic mass is 10.2. The summed E-state index contributed by atoms with van der Waals surface area (Å²) in [5.74, 6) is -0.0598. The summed E-state index contributed by atoms with van der Waals surface area (Å²) in [6, 6.07) is 7.91. The summed E-state index contributed by atoms with van der Waals surface area (Å²) in [5, 5.41) is 2.88. The van der Waals surface area contributed by atoms with Crippen molar-refractivity contribution in [3.8, 4) is 0 Å². The lowest BCUT2D eigenvalue weighted by Crippen LogP contribution is -2.17. The first-order valence-corrected chi connectivity index (χ1v) is 6.16. The molecule has 1 heterocycles. The number of benzene rings is 1. The largest absolute Gasteiger partial charge is 0.346 e. The minimum atomic E-state index is -0.0598. The number of rotatable bonds is 4. The summed E-state index contributed by atoms with van der Waals surface area (Å²) in [5.41, 5.74) is 1.96. The normalized spacial score (nSPS) is 14.2. The third-order valence-electron chi connectivity index (χ3n) is 2.88. The molecule has 1 N–H and O–H groups in total. The molecule has 0 bridgehead atoms. The van der Waals surface area contributed by atoms with Crippen LogP contribution < -0.4 is 10.2 Å². The van der Waals surface area contributed by atoms with E-state index in [2.05, 4.69) is 17.1 Å². The number of unbranched alkanes of at least 4 members (excludes halogenated alkanes) is 2. The molecular formula is C14H18N2O. The van der Waals surface area contributed by atoms with E-state index in [0.29, 0.717) is 0 Å². The van der Waals surface area contributed by atoms with Crippen LogP contribution in [0.5, 0.6) is 0 Å². The summed E-state index contributed by atoms with van der Waals surface area (Å²) in [6.07, 6.45) is 7.02. The summed E-state index contributed by atoms with van der Waals surface area (Å²) < 4.78 is 0.